The van der Waals surface area contributed by atoms with E-state index in [0.717, 1.165) is 5.92 Å². The average molecular weight is 153 g/mol. The van der Waals surface area contributed by atoms with Gasteiger partial charge in [0.05, 0.1) is 0 Å². The second kappa shape index (κ2) is 2.78. The first-order valence-electron chi connectivity index (χ1n) is 5.08. The molecule has 0 aromatic heterocycles. The molecule has 0 radical (unpaired) electrons. The second-order valence-corrected chi connectivity index (χ2v) is 4.33. The highest BCUT2D eigenvalue weighted by molar-refractivity contribution is 4.99. The Morgan fingerprint density at radius 2 is 1.91 bits per heavy atom. The zero-order valence-electron chi connectivity index (χ0n) is 7.53. The maximum absolute atomic E-state index is 3.72. The summed E-state index contributed by atoms with van der Waals surface area (Å²) in [6, 6.07) is 0. The third-order valence-electron chi connectivity index (χ3n) is 3.74. The predicted molar refractivity (Wildman–Crippen MR) is 47.6 cm³/mol. The van der Waals surface area contributed by atoms with Crippen LogP contribution in [-0.2, 0) is 0 Å². The highest BCUT2D eigenvalue weighted by atomic mass is 15.0. The zero-order chi connectivity index (χ0) is 7.73. The molecule has 1 nitrogen and oxygen atoms in total. The second-order valence-electron chi connectivity index (χ2n) is 4.33. The Balaban J connectivity index is 2.06. The first kappa shape index (κ1) is 7.60. The number of rotatable bonds is 0. The fourth-order valence-electron chi connectivity index (χ4n) is 2.84. The molecule has 2 rings (SSSR count). The summed E-state index contributed by atoms with van der Waals surface area (Å²) in [6.45, 7) is 3.69. The van der Waals surface area contributed by atoms with Crippen LogP contribution in [0.1, 0.15) is 45.4 Å². The third kappa shape index (κ3) is 1.20. The maximum Gasteiger partial charge on any atom is 0.0207 e. The van der Waals surface area contributed by atoms with Gasteiger partial charge >= 0.3 is 0 Å². The summed E-state index contributed by atoms with van der Waals surface area (Å²) in [6.07, 6.45) is 8.66. The Labute approximate surface area is 69.6 Å². The molecular weight excluding hydrogens is 134 g/mol. The van der Waals surface area contributed by atoms with Gasteiger partial charge < -0.3 is 5.32 Å². The molecule has 2 fully saturated rings. The van der Waals surface area contributed by atoms with E-state index in [0.29, 0.717) is 5.54 Å². The van der Waals surface area contributed by atoms with Crippen molar-refractivity contribution in [2.24, 2.45) is 5.92 Å². The molecule has 0 aromatic rings. The highest BCUT2D eigenvalue weighted by Gasteiger charge is 2.39. The van der Waals surface area contributed by atoms with Crippen molar-refractivity contribution < 1.29 is 0 Å². The van der Waals surface area contributed by atoms with E-state index in [9.17, 15) is 0 Å². The lowest BCUT2D eigenvalue weighted by molar-refractivity contribution is 0.208. The van der Waals surface area contributed by atoms with Gasteiger partial charge in [-0.15, -0.1) is 0 Å². The van der Waals surface area contributed by atoms with Crippen molar-refractivity contribution in [3.05, 3.63) is 0 Å². The minimum Gasteiger partial charge on any atom is -0.311 e. The molecule has 1 aliphatic heterocycles. The van der Waals surface area contributed by atoms with Gasteiger partial charge in [0.2, 0.25) is 0 Å². The lowest BCUT2D eigenvalue weighted by Gasteiger charge is -2.37. The predicted octanol–water partition coefficient (Wildman–Crippen LogP) is 2.32. The van der Waals surface area contributed by atoms with Crippen molar-refractivity contribution in [3.8, 4) is 0 Å². The molecule has 1 aliphatic carbocycles. The molecule has 1 heteroatoms. The Morgan fingerprint density at radius 1 is 1.18 bits per heavy atom. The molecule has 0 aromatic carbocycles. The van der Waals surface area contributed by atoms with Crippen LogP contribution in [-0.4, -0.2) is 12.1 Å². The minimum atomic E-state index is 0.582. The molecule has 1 atom stereocenters. The monoisotopic (exact) mass is 153 g/mol. The van der Waals surface area contributed by atoms with Crippen LogP contribution >= 0.6 is 0 Å². The van der Waals surface area contributed by atoms with Gasteiger partial charge in [-0.1, -0.05) is 26.2 Å². The summed E-state index contributed by atoms with van der Waals surface area (Å²) in [7, 11) is 0. The summed E-state index contributed by atoms with van der Waals surface area (Å²) < 4.78 is 0. The van der Waals surface area contributed by atoms with Crippen LogP contribution in [0.4, 0.5) is 0 Å². The van der Waals surface area contributed by atoms with E-state index in [1.54, 1.807) is 0 Å². The first-order valence-corrected chi connectivity index (χ1v) is 5.08. The molecule has 1 spiro atoms. The van der Waals surface area contributed by atoms with Crippen molar-refractivity contribution in [3.63, 3.8) is 0 Å². The van der Waals surface area contributed by atoms with Crippen LogP contribution < -0.4 is 5.32 Å². The molecule has 64 valence electrons. The van der Waals surface area contributed by atoms with E-state index in [-0.39, 0.29) is 0 Å². The van der Waals surface area contributed by atoms with E-state index in [1.807, 2.05) is 0 Å². The quantitative estimate of drug-likeness (QED) is 0.563. The lowest BCUT2D eigenvalue weighted by atomic mass is 9.75. The average Bonchev–Trinajstić information content (AvgIpc) is 2.36. The van der Waals surface area contributed by atoms with Gasteiger partial charge in [-0.3, -0.25) is 0 Å². The summed E-state index contributed by atoms with van der Waals surface area (Å²) in [5.74, 6) is 0.933. The van der Waals surface area contributed by atoms with Crippen LogP contribution in [0.3, 0.4) is 0 Å². The summed E-state index contributed by atoms with van der Waals surface area (Å²) in [5, 5.41) is 3.72. The maximum atomic E-state index is 3.72. The van der Waals surface area contributed by atoms with Crippen LogP contribution in [0.2, 0.25) is 0 Å². The summed E-state index contributed by atoms with van der Waals surface area (Å²) >= 11 is 0. The van der Waals surface area contributed by atoms with E-state index < -0.39 is 0 Å². The van der Waals surface area contributed by atoms with Gasteiger partial charge in [0.15, 0.2) is 0 Å². The molecule has 1 unspecified atom stereocenters. The van der Waals surface area contributed by atoms with Gasteiger partial charge in [0, 0.05) is 5.54 Å². The van der Waals surface area contributed by atoms with Gasteiger partial charge in [-0.05, 0) is 31.7 Å². The van der Waals surface area contributed by atoms with Gasteiger partial charge in [0.25, 0.3) is 0 Å². The van der Waals surface area contributed by atoms with Crippen LogP contribution in [0.15, 0.2) is 0 Å². The van der Waals surface area contributed by atoms with E-state index in [1.165, 1.54) is 45.1 Å². The third-order valence-corrected chi connectivity index (χ3v) is 3.74. The molecule has 1 saturated heterocycles. The van der Waals surface area contributed by atoms with Gasteiger partial charge in [0.1, 0.15) is 0 Å². The fourth-order valence-corrected chi connectivity index (χ4v) is 2.84. The van der Waals surface area contributed by atoms with E-state index in [2.05, 4.69) is 12.2 Å². The molecular formula is C10H19N. The first-order chi connectivity index (χ1) is 5.33. The zero-order valence-corrected chi connectivity index (χ0v) is 7.53. The smallest absolute Gasteiger partial charge is 0.0207 e. The Bertz CT molecular complexity index is 136. The van der Waals surface area contributed by atoms with Crippen molar-refractivity contribution in [1.82, 2.24) is 5.32 Å². The van der Waals surface area contributed by atoms with Gasteiger partial charge in [-0.25, -0.2) is 0 Å². The van der Waals surface area contributed by atoms with Gasteiger partial charge in [-0.2, -0.15) is 0 Å². The Morgan fingerprint density at radius 3 is 2.45 bits per heavy atom. The lowest BCUT2D eigenvalue weighted by Crippen LogP contribution is -2.45. The summed E-state index contributed by atoms with van der Waals surface area (Å²) in [5.41, 5.74) is 0.582. The van der Waals surface area contributed by atoms with Crippen LogP contribution in [0.25, 0.3) is 0 Å². The molecule has 1 N–H and O–H groups in total. The number of nitrogens with one attached hydrogen (secondary N) is 1. The van der Waals surface area contributed by atoms with Crippen molar-refractivity contribution in [1.29, 1.82) is 0 Å². The van der Waals surface area contributed by atoms with E-state index >= 15 is 0 Å². The van der Waals surface area contributed by atoms with Crippen molar-refractivity contribution >= 4 is 0 Å². The topological polar surface area (TPSA) is 12.0 Å². The van der Waals surface area contributed by atoms with Crippen LogP contribution in [0.5, 0.6) is 0 Å². The van der Waals surface area contributed by atoms with Crippen molar-refractivity contribution in [2.75, 3.05) is 6.54 Å². The molecule has 1 heterocycles. The minimum absolute atomic E-state index is 0.582. The van der Waals surface area contributed by atoms with E-state index in [4.69, 9.17) is 0 Å². The van der Waals surface area contributed by atoms with Crippen molar-refractivity contribution in [2.45, 2.75) is 51.0 Å². The Kier molecular flexibility index (Phi) is 1.92. The number of hydrogen-bond donors (Lipinski definition) is 1. The highest BCUT2D eigenvalue weighted by Crippen LogP contribution is 2.38. The molecule has 0 bridgehead atoms. The molecule has 1 saturated carbocycles. The Hall–Kier alpha value is -0.0400. The number of hydrogen-bond acceptors (Lipinski definition) is 1. The molecule has 11 heavy (non-hydrogen) atoms. The molecule has 2 aliphatic rings. The standard InChI is InChI=1S/C10H19N/c1-9-5-8-11-10(9)6-3-2-4-7-10/h9,11H,2-8H2,1H3. The molecule has 0 amide bonds. The SMILES string of the molecule is CC1CCNC12CCCCC2. The van der Waals surface area contributed by atoms with Crippen LogP contribution in [0, 0.1) is 5.92 Å². The largest absolute Gasteiger partial charge is 0.311 e. The normalized spacial score (nSPS) is 36.3. The summed E-state index contributed by atoms with van der Waals surface area (Å²) in [4.78, 5) is 0. The fraction of sp³-hybridized carbons (Fsp3) is 1.00.